The highest BCUT2D eigenvalue weighted by molar-refractivity contribution is 7.65. The van der Waals surface area contributed by atoms with Gasteiger partial charge in [-0.2, -0.15) is 0 Å². The molecule has 2 nitrogen and oxygen atoms in total. The van der Waals surface area contributed by atoms with Crippen LogP contribution in [0.5, 0.6) is 5.75 Å². The van der Waals surface area contributed by atoms with Crippen LogP contribution in [0.4, 0.5) is 4.39 Å². The Labute approximate surface area is 82.2 Å². The van der Waals surface area contributed by atoms with Crippen molar-refractivity contribution in [2.24, 2.45) is 0 Å². The molecule has 0 spiro atoms. The molecule has 0 heterocycles. The van der Waals surface area contributed by atoms with E-state index >= 15 is 0 Å². The van der Waals surface area contributed by atoms with Crippen LogP contribution in [0.2, 0.25) is 0 Å². The number of para-hydroxylation sites is 1. The van der Waals surface area contributed by atoms with E-state index in [9.17, 15) is 8.96 Å². The van der Waals surface area contributed by atoms with E-state index in [1.807, 2.05) is 0 Å². The molecule has 0 N–H and O–H groups in total. The average Bonchev–Trinajstić information content (AvgIpc) is 2.21. The molecule has 0 radical (unpaired) electrons. The van der Waals surface area contributed by atoms with E-state index in [-0.39, 0.29) is 5.75 Å². The van der Waals surface area contributed by atoms with Gasteiger partial charge in [0.25, 0.3) is 7.37 Å². The Hall–Kier alpha value is -1.34. The maximum atomic E-state index is 13.1. The zero-order chi connectivity index (χ0) is 10.6. The average molecular weight is 212 g/mol. The molecule has 0 fully saturated rings. The largest absolute Gasteiger partial charge is 0.434 e. The van der Waals surface area contributed by atoms with Crippen molar-refractivity contribution in [3.8, 4) is 5.75 Å². The summed E-state index contributed by atoms with van der Waals surface area (Å²) in [6, 6.07) is 5.74. The number of benzene rings is 1. The van der Waals surface area contributed by atoms with E-state index in [0.29, 0.717) is 0 Å². The first-order chi connectivity index (χ1) is 6.61. The second-order valence-electron chi connectivity index (χ2n) is 2.53. The Morgan fingerprint density at radius 3 is 2.36 bits per heavy atom. The molecular weight excluding hydrogens is 202 g/mol. The van der Waals surface area contributed by atoms with Gasteiger partial charge in [0.15, 0.2) is 11.6 Å². The Kier molecular flexibility index (Phi) is 3.26. The fourth-order valence-corrected chi connectivity index (χ4v) is 1.58. The molecule has 0 aliphatic heterocycles. The minimum Gasteiger partial charge on any atom is -0.434 e. The third-order valence-electron chi connectivity index (χ3n) is 1.59. The predicted molar refractivity (Wildman–Crippen MR) is 55.0 cm³/mol. The molecule has 0 saturated heterocycles. The summed E-state index contributed by atoms with van der Waals surface area (Å²) in [6.07, 6.45) is 0. The minimum absolute atomic E-state index is 0.0596. The smallest absolute Gasteiger partial charge is 0.291 e. The summed E-state index contributed by atoms with van der Waals surface area (Å²) in [5.41, 5.74) is 0. The van der Waals surface area contributed by atoms with Crippen LogP contribution in [0, 0.1) is 5.82 Å². The molecule has 0 saturated carbocycles. The highest BCUT2D eigenvalue weighted by Crippen LogP contribution is 2.49. The molecule has 14 heavy (non-hydrogen) atoms. The first-order valence-corrected chi connectivity index (χ1v) is 5.68. The molecule has 4 heteroatoms. The van der Waals surface area contributed by atoms with E-state index < -0.39 is 13.2 Å². The van der Waals surface area contributed by atoms with E-state index in [4.69, 9.17) is 4.52 Å². The van der Waals surface area contributed by atoms with Crippen LogP contribution in [0.15, 0.2) is 49.1 Å². The summed E-state index contributed by atoms with van der Waals surface area (Å²) < 4.78 is 29.7. The number of halogens is 1. The molecular formula is C10H10FO2P. The van der Waals surface area contributed by atoms with E-state index in [1.165, 1.54) is 18.2 Å². The number of hydrogen-bond donors (Lipinski definition) is 0. The lowest BCUT2D eigenvalue weighted by Crippen LogP contribution is -1.89. The van der Waals surface area contributed by atoms with E-state index in [1.54, 1.807) is 6.07 Å². The second-order valence-corrected chi connectivity index (χ2v) is 4.74. The van der Waals surface area contributed by atoms with Crippen molar-refractivity contribution in [2.45, 2.75) is 0 Å². The maximum Gasteiger partial charge on any atom is 0.291 e. The van der Waals surface area contributed by atoms with Crippen LogP contribution < -0.4 is 4.52 Å². The first-order valence-electron chi connectivity index (χ1n) is 3.92. The molecule has 0 atom stereocenters. The van der Waals surface area contributed by atoms with Gasteiger partial charge in [0, 0.05) is 11.6 Å². The van der Waals surface area contributed by atoms with Gasteiger partial charge in [0.1, 0.15) is 0 Å². The molecule has 0 aliphatic carbocycles. The Bertz CT molecular complexity index is 389. The molecule has 0 amide bonds. The monoisotopic (exact) mass is 212 g/mol. The van der Waals surface area contributed by atoms with Crippen molar-refractivity contribution in [3.05, 3.63) is 54.9 Å². The van der Waals surface area contributed by atoms with Crippen molar-refractivity contribution < 1.29 is 13.5 Å². The lowest BCUT2D eigenvalue weighted by Gasteiger charge is -2.11. The summed E-state index contributed by atoms with van der Waals surface area (Å²) in [5.74, 6) is 1.64. The maximum absolute atomic E-state index is 13.1. The Morgan fingerprint density at radius 2 is 1.86 bits per heavy atom. The van der Waals surface area contributed by atoms with E-state index in [0.717, 1.165) is 11.6 Å². The van der Waals surface area contributed by atoms with Gasteiger partial charge < -0.3 is 4.52 Å². The summed E-state index contributed by atoms with van der Waals surface area (Å²) in [6.45, 7) is 6.70. The Morgan fingerprint density at radius 1 is 1.29 bits per heavy atom. The molecule has 74 valence electrons. The van der Waals surface area contributed by atoms with Gasteiger partial charge in [-0.15, -0.1) is 0 Å². The lowest BCUT2D eigenvalue weighted by molar-refractivity contribution is 0.474. The molecule has 1 aromatic rings. The Balaban J connectivity index is 2.99. The van der Waals surface area contributed by atoms with Crippen LogP contribution in [-0.2, 0) is 4.57 Å². The van der Waals surface area contributed by atoms with E-state index in [2.05, 4.69) is 13.2 Å². The highest BCUT2D eigenvalue weighted by atomic mass is 31.2. The van der Waals surface area contributed by atoms with Crippen molar-refractivity contribution >= 4 is 7.37 Å². The fraction of sp³-hybridized carbons (Fsp3) is 0. The lowest BCUT2D eigenvalue weighted by atomic mass is 10.3. The molecule has 0 unspecified atom stereocenters. The van der Waals surface area contributed by atoms with Crippen molar-refractivity contribution in [1.29, 1.82) is 0 Å². The topological polar surface area (TPSA) is 26.3 Å². The molecule has 0 aromatic heterocycles. The third-order valence-corrected chi connectivity index (χ3v) is 3.09. The van der Waals surface area contributed by atoms with Gasteiger partial charge in [-0.05, 0) is 12.1 Å². The van der Waals surface area contributed by atoms with Crippen molar-refractivity contribution in [1.82, 2.24) is 0 Å². The standard InChI is InChI=1S/C10H10FO2P/c1-3-14(12,4-2)13-10-8-6-5-7-9(10)11/h3-8H,1-2H2. The van der Waals surface area contributed by atoms with Gasteiger partial charge in [-0.1, -0.05) is 25.3 Å². The summed E-state index contributed by atoms with van der Waals surface area (Å²) >= 11 is 0. The number of rotatable bonds is 4. The SMILES string of the molecule is C=CP(=O)(C=C)Oc1ccccc1F. The van der Waals surface area contributed by atoms with Crippen molar-refractivity contribution in [2.75, 3.05) is 0 Å². The molecule has 1 rings (SSSR count). The van der Waals surface area contributed by atoms with Crippen LogP contribution >= 0.6 is 7.37 Å². The molecule has 1 aromatic carbocycles. The zero-order valence-corrected chi connectivity index (χ0v) is 8.41. The van der Waals surface area contributed by atoms with Crippen LogP contribution in [0.3, 0.4) is 0 Å². The second kappa shape index (κ2) is 4.25. The highest BCUT2D eigenvalue weighted by Gasteiger charge is 2.16. The fourth-order valence-electron chi connectivity index (χ4n) is 0.822. The molecule has 0 aliphatic rings. The summed E-state index contributed by atoms with van der Waals surface area (Å²) in [5, 5.41) is 0. The summed E-state index contributed by atoms with van der Waals surface area (Å²) in [4.78, 5) is 0. The molecule has 0 bridgehead atoms. The minimum atomic E-state index is -3.14. The van der Waals surface area contributed by atoms with Crippen LogP contribution in [-0.4, -0.2) is 0 Å². The summed E-state index contributed by atoms with van der Waals surface area (Å²) in [7, 11) is -3.14. The van der Waals surface area contributed by atoms with Gasteiger partial charge in [-0.3, -0.25) is 4.57 Å². The van der Waals surface area contributed by atoms with Gasteiger partial charge >= 0.3 is 0 Å². The third kappa shape index (κ3) is 2.33. The van der Waals surface area contributed by atoms with Gasteiger partial charge in [0.05, 0.1) is 0 Å². The van der Waals surface area contributed by atoms with Gasteiger partial charge in [0.2, 0.25) is 0 Å². The van der Waals surface area contributed by atoms with Crippen LogP contribution in [0.1, 0.15) is 0 Å². The zero-order valence-electron chi connectivity index (χ0n) is 7.52. The van der Waals surface area contributed by atoms with Crippen molar-refractivity contribution in [3.63, 3.8) is 0 Å². The van der Waals surface area contributed by atoms with Crippen LogP contribution in [0.25, 0.3) is 0 Å². The first kappa shape index (κ1) is 10.7. The van der Waals surface area contributed by atoms with Gasteiger partial charge in [-0.25, -0.2) is 4.39 Å². The normalized spacial score (nSPS) is 10.6. The predicted octanol–water partition coefficient (Wildman–Crippen LogP) is 3.77. The quantitative estimate of drug-likeness (QED) is 0.710. The number of hydrogen-bond acceptors (Lipinski definition) is 2.